The largest absolute Gasteiger partial charge is 0.302 e. The van der Waals surface area contributed by atoms with Gasteiger partial charge in [-0.2, -0.15) is 0 Å². The summed E-state index contributed by atoms with van der Waals surface area (Å²) in [5.41, 5.74) is 1.07. The van der Waals surface area contributed by atoms with Crippen LogP contribution in [0.1, 0.15) is 39.8 Å². The van der Waals surface area contributed by atoms with E-state index in [-0.39, 0.29) is 11.8 Å². The molecule has 2 rings (SSSR count). The van der Waals surface area contributed by atoms with E-state index in [4.69, 9.17) is 0 Å². The molecule has 20 heavy (non-hydrogen) atoms. The van der Waals surface area contributed by atoms with Gasteiger partial charge in [-0.15, -0.1) is 11.3 Å². The van der Waals surface area contributed by atoms with Crippen molar-refractivity contribution in [2.45, 2.75) is 40.7 Å². The fraction of sp³-hybridized carbons (Fsp3) is 0.733. The van der Waals surface area contributed by atoms with Gasteiger partial charge in [0.25, 0.3) is 0 Å². The van der Waals surface area contributed by atoms with Crippen molar-refractivity contribution >= 4 is 22.4 Å². The minimum Gasteiger partial charge on any atom is -0.302 e. The first-order valence-corrected chi connectivity index (χ1v) is 8.29. The zero-order valence-corrected chi connectivity index (χ0v) is 13.7. The summed E-state index contributed by atoms with van der Waals surface area (Å²) in [6.45, 7) is 11.6. The van der Waals surface area contributed by atoms with Crippen molar-refractivity contribution in [2.24, 2.45) is 17.8 Å². The minimum atomic E-state index is -0.00820. The van der Waals surface area contributed by atoms with Crippen LogP contribution in [0.4, 0.5) is 5.13 Å². The molecule has 4 nitrogen and oxygen atoms in total. The van der Waals surface area contributed by atoms with E-state index in [1.807, 2.05) is 13.8 Å². The predicted molar refractivity (Wildman–Crippen MR) is 83.8 cm³/mol. The lowest BCUT2D eigenvalue weighted by atomic mass is 9.92. The number of likely N-dealkylation sites (tertiary alicyclic amines) is 1. The topological polar surface area (TPSA) is 45.2 Å². The molecule has 0 spiro atoms. The third kappa shape index (κ3) is 4.28. The Morgan fingerprint density at radius 1 is 1.45 bits per heavy atom. The van der Waals surface area contributed by atoms with Crippen LogP contribution in [-0.2, 0) is 11.3 Å². The second-order valence-corrected chi connectivity index (χ2v) is 7.29. The van der Waals surface area contributed by atoms with E-state index in [0.29, 0.717) is 0 Å². The Balaban J connectivity index is 1.91. The number of anilines is 1. The number of thiazole rings is 1. The average Bonchev–Trinajstić information content (AvgIpc) is 2.74. The molecule has 0 bridgehead atoms. The Kier molecular flexibility index (Phi) is 5.16. The maximum atomic E-state index is 11.6. The number of nitrogens with zero attached hydrogens (tertiary/aromatic N) is 2. The van der Waals surface area contributed by atoms with E-state index in [9.17, 15) is 4.79 Å². The fourth-order valence-electron chi connectivity index (χ4n) is 2.84. The first kappa shape index (κ1) is 15.4. The van der Waals surface area contributed by atoms with Gasteiger partial charge < -0.3 is 5.32 Å². The van der Waals surface area contributed by atoms with E-state index >= 15 is 0 Å². The van der Waals surface area contributed by atoms with Crippen LogP contribution in [0.25, 0.3) is 0 Å². The van der Waals surface area contributed by atoms with Crippen LogP contribution in [0, 0.1) is 17.8 Å². The zero-order chi connectivity index (χ0) is 14.7. The summed E-state index contributed by atoms with van der Waals surface area (Å²) in [6.07, 6.45) is 1.32. The smallest absolute Gasteiger partial charge is 0.228 e. The van der Waals surface area contributed by atoms with Gasteiger partial charge in [0.05, 0.1) is 5.69 Å². The lowest BCUT2D eigenvalue weighted by molar-refractivity contribution is -0.118. The predicted octanol–water partition coefficient (Wildman–Crippen LogP) is 3.22. The van der Waals surface area contributed by atoms with Crippen LogP contribution in [0.2, 0.25) is 0 Å². The van der Waals surface area contributed by atoms with Gasteiger partial charge in [0.2, 0.25) is 5.91 Å². The Morgan fingerprint density at radius 3 is 2.70 bits per heavy atom. The second-order valence-electron chi connectivity index (χ2n) is 6.43. The van der Waals surface area contributed by atoms with Crippen LogP contribution in [0.3, 0.4) is 0 Å². The van der Waals surface area contributed by atoms with Gasteiger partial charge >= 0.3 is 0 Å². The third-order valence-electron chi connectivity index (χ3n) is 3.64. The summed E-state index contributed by atoms with van der Waals surface area (Å²) >= 11 is 1.52. The van der Waals surface area contributed by atoms with E-state index in [2.05, 4.69) is 34.4 Å². The highest BCUT2D eigenvalue weighted by Gasteiger charge is 2.22. The van der Waals surface area contributed by atoms with Gasteiger partial charge in [-0.25, -0.2) is 4.98 Å². The highest BCUT2D eigenvalue weighted by molar-refractivity contribution is 7.13. The number of hydrogen-bond acceptors (Lipinski definition) is 4. The van der Waals surface area contributed by atoms with Gasteiger partial charge in [0.1, 0.15) is 0 Å². The van der Waals surface area contributed by atoms with Gasteiger partial charge in [-0.3, -0.25) is 9.69 Å². The molecule has 0 radical (unpaired) electrons. The van der Waals surface area contributed by atoms with Gasteiger partial charge in [-0.05, 0) is 18.3 Å². The molecule has 1 aliphatic heterocycles. The molecule has 2 atom stereocenters. The molecular weight excluding hydrogens is 270 g/mol. The van der Waals surface area contributed by atoms with Crippen molar-refractivity contribution in [1.82, 2.24) is 9.88 Å². The molecule has 2 heterocycles. The fourth-order valence-corrected chi connectivity index (χ4v) is 3.54. The van der Waals surface area contributed by atoms with Crippen molar-refractivity contribution in [3.8, 4) is 0 Å². The number of hydrogen-bond donors (Lipinski definition) is 1. The Morgan fingerprint density at radius 2 is 2.10 bits per heavy atom. The number of nitrogens with one attached hydrogen (secondary N) is 1. The maximum Gasteiger partial charge on any atom is 0.228 e. The van der Waals surface area contributed by atoms with E-state index in [1.54, 1.807) is 0 Å². The number of carbonyl (C=O) groups is 1. The van der Waals surface area contributed by atoms with Gasteiger partial charge in [0, 0.05) is 30.9 Å². The summed E-state index contributed by atoms with van der Waals surface area (Å²) in [5, 5.41) is 5.64. The summed E-state index contributed by atoms with van der Waals surface area (Å²) in [7, 11) is 0. The number of aromatic nitrogens is 1. The van der Waals surface area contributed by atoms with Crippen molar-refractivity contribution in [2.75, 3.05) is 18.4 Å². The summed E-state index contributed by atoms with van der Waals surface area (Å²) in [5.74, 6) is 1.55. The highest BCUT2D eigenvalue weighted by atomic mass is 32.1. The van der Waals surface area contributed by atoms with Crippen molar-refractivity contribution in [3.05, 3.63) is 11.1 Å². The first-order valence-electron chi connectivity index (χ1n) is 7.41. The molecular formula is C15H25N3OS. The number of amides is 1. The molecule has 1 amide bonds. The van der Waals surface area contributed by atoms with Crippen molar-refractivity contribution in [3.63, 3.8) is 0 Å². The monoisotopic (exact) mass is 295 g/mol. The lowest BCUT2D eigenvalue weighted by Gasteiger charge is -2.34. The number of carbonyl (C=O) groups excluding carboxylic acids is 1. The van der Waals surface area contributed by atoms with Crippen LogP contribution < -0.4 is 5.32 Å². The minimum absolute atomic E-state index is 0.00820. The Bertz CT molecular complexity index is 448. The molecule has 1 aromatic heterocycles. The highest BCUT2D eigenvalue weighted by Crippen LogP contribution is 2.24. The standard InChI is InChI=1S/C15H25N3OS/c1-10(2)14(19)17-15-16-13(9-20-15)8-18-6-11(3)5-12(4)7-18/h9-12H,5-8H2,1-4H3,(H,16,17,19). The SMILES string of the molecule is CC1CC(C)CN(Cc2csc(NC(=O)C(C)C)n2)C1. The van der Waals surface area contributed by atoms with Crippen molar-refractivity contribution < 1.29 is 4.79 Å². The van der Waals surface area contributed by atoms with Crippen molar-refractivity contribution in [1.29, 1.82) is 0 Å². The summed E-state index contributed by atoms with van der Waals surface area (Å²) in [4.78, 5) is 18.6. The van der Waals surface area contributed by atoms with Gasteiger partial charge in [0.15, 0.2) is 5.13 Å². The van der Waals surface area contributed by atoms with Gasteiger partial charge in [-0.1, -0.05) is 27.7 Å². The molecule has 1 aromatic rings. The molecule has 2 unspecified atom stereocenters. The number of piperidine rings is 1. The molecule has 1 fully saturated rings. The molecule has 5 heteroatoms. The van der Waals surface area contributed by atoms with Crippen LogP contribution in [-0.4, -0.2) is 28.9 Å². The average molecular weight is 295 g/mol. The lowest BCUT2D eigenvalue weighted by Crippen LogP contribution is -2.38. The normalized spacial score (nSPS) is 24.1. The molecule has 0 saturated carbocycles. The Labute approximate surface area is 125 Å². The maximum absolute atomic E-state index is 11.6. The summed E-state index contributed by atoms with van der Waals surface area (Å²) < 4.78 is 0. The molecule has 1 N–H and O–H groups in total. The van der Waals surface area contributed by atoms with Crippen LogP contribution in [0.15, 0.2) is 5.38 Å². The van der Waals surface area contributed by atoms with E-state index in [1.165, 1.54) is 17.8 Å². The zero-order valence-electron chi connectivity index (χ0n) is 12.8. The molecule has 1 saturated heterocycles. The molecule has 0 aromatic carbocycles. The molecule has 1 aliphatic rings. The van der Waals surface area contributed by atoms with E-state index < -0.39 is 0 Å². The third-order valence-corrected chi connectivity index (χ3v) is 4.44. The van der Waals surface area contributed by atoms with Crippen LogP contribution >= 0.6 is 11.3 Å². The second kappa shape index (κ2) is 6.68. The first-order chi connectivity index (χ1) is 9.44. The Hall–Kier alpha value is -0.940. The molecule has 112 valence electrons. The number of rotatable bonds is 4. The molecule has 0 aliphatic carbocycles. The van der Waals surface area contributed by atoms with E-state index in [0.717, 1.165) is 42.3 Å². The quantitative estimate of drug-likeness (QED) is 0.927. The van der Waals surface area contributed by atoms with Crippen LogP contribution in [0.5, 0.6) is 0 Å². The summed E-state index contributed by atoms with van der Waals surface area (Å²) in [6, 6.07) is 0.